The number of ether oxygens (including phenoxy) is 2. The van der Waals surface area contributed by atoms with Gasteiger partial charge >= 0.3 is 5.97 Å². The zero-order valence-electron chi connectivity index (χ0n) is 12.0. The highest BCUT2D eigenvalue weighted by atomic mass is 127. The number of carbonyl (C=O) groups is 2. The van der Waals surface area contributed by atoms with Crippen LogP contribution in [0.25, 0.3) is 0 Å². The Kier molecular flexibility index (Phi) is 5.92. The van der Waals surface area contributed by atoms with Gasteiger partial charge < -0.3 is 14.3 Å². The van der Waals surface area contributed by atoms with Crippen LogP contribution in [0.5, 0.6) is 5.75 Å². The number of hydrogen-bond donors (Lipinski definition) is 0. The van der Waals surface area contributed by atoms with Crippen molar-refractivity contribution in [2.24, 2.45) is 0 Å². The van der Waals surface area contributed by atoms with Crippen molar-refractivity contribution in [3.63, 3.8) is 0 Å². The maximum absolute atomic E-state index is 12.0. The van der Waals surface area contributed by atoms with Gasteiger partial charge in [0.25, 0.3) is 0 Å². The molecule has 0 aromatic heterocycles. The van der Waals surface area contributed by atoms with E-state index in [0.717, 1.165) is 40.7 Å². The summed E-state index contributed by atoms with van der Waals surface area (Å²) in [5.74, 6) is 1.02. The Balaban J connectivity index is 2.59. The minimum Gasteiger partial charge on any atom is -0.491 e. The van der Waals surface area contributed by atoms with Crippen LogP contribution in [0.3, 0.4) is 0 Å². The minimum atomic E-state index is -0.347. The molecule has 0 aliphatic carbocycles. The number of benzene rings is 1. The van der Waals surface area contributed by atoms with Crippen molar-refractivity contribution in [3.05, 3.63) is 27.8 Å². The molecular weight excluding hydrogens is 403 g/mol. The molecule has 6 heteroatoms. The summed E-state index contributed by atoms with van der Waals surface area (Å²) in [4.78, 5) is 23.1. The Hall–Kier alpha value is -0.760. The van der Waals surface area contributed by atoms with Gasteiger partial charge in [-0.05, 0) is 45.7 Å². The second-order valence-electron chi connectivity index (χ2n) is 4.73. The average molecular weight is 420 g/mol. The third-order valence-corrected chi connectivity index (χ3v) is 5.31. The van der Waals surface area contributed by atoms with Crippen LogP contribution in [0, 0.1) is 6.92 Å². The summed E-state index contributed by atoms with van der Waals surface area (Å²) >= 11 is 2.20. The van der Waals surface area contributed by atoms with Crippen molar-refractivity contribution in [2.45, 2.75) is 33.3 Å². The Morgan fingerprint density at radius 1 is 1.43 bits per heavy atom. The summed E-state index contributed by atoms with van der Waals surface area (Å²) in [6, 6.07) is 0. The van der Waals surface area contributed by atoms with Gasteiger partial charge in [0, 0.05) is 23.3 Å². The molecule has 0 bridgehead atoms. The van der Waals surface area contributed by atoms with E-state index in [1.165, 1.54) is 0 Å². The van der Waals surface area contributed by atoms with Crippen molar-refractivity contribution in [2.75, 3.05) is 12.4 Å². The van der Waals surface area contributed by atoms with Crippen LogP contribution in [0.2, 0.25) is 0 Å². The molecule has 1 aliphatic rings. The summed E-state index contributed by atoms with van der Waals surface area (Å²) in [6.07, 6.45) is 1.92. The van der Waals surface area contributed by atoms with Crippen LogP contribution in [0.4, 0.5) is 0 Å². The molecule has 1 aliphatic heterocycles. The molecule has 21 heavy (non-hydrogen) atoms. The number of aldehydes is 1. The molecule has 0 N–H and O–H groups in total. The zero-order chi connectivity index (χ0) is 15.4. The predicted molar refractivity (Wildman–Crippen MR) is 91.4 cm³/mol. The topological polar surface area (TPSA) is 52.6 Å². The molecule has 0 spiro atoms. The van der Waals surface area contributed by atoms with Crippen molar-refractivity contribution >= 4 is 42.4 Å². The standard InChI is InChI=1S/C15H17IO4S/c1-3-10-9(2)12-8-20-15(18)13(12)14(11(10)4-5-17)19-6-7-21-16/h5H,3-4,6-8H2,1-2H3. The molecule has 1 aromatic carbocycles. The first-order valence-corrected chi connectivity index (χ1v) is 10.3. The second-order valence-corrected chi connectivity index (χ2v) is 7.22. The summed E-state index contributed by atoms with van der Waals surface area (Å²) in [5, 5.41) is 0. The van der Waals surface area contributed by atoms with Crippen molar-refractivity contribution in [3.8, 4) is 5.75 Å². The molecule has 0 fully saturated rings. The normalized spacial score (nSPS) is 13.0. The van der Waals surface area contributed by atoms with Gasteiger partial charge in [-0.2, -0.15) is 0 Å². The maximum Gasteiger partial charge on any atom is 0.342 e. The van der Waals surface area contributed by atoms with Gasteiger partial charge in [-0.3, -0.25) is 0 Å². The monoisotopic (exact) mass is 420 g/mol. The summed E-state index contributed by atoms with van der Waals surface area (Å²) in [5.41, 5.74) is 4.40. The largest absolute Gasteiger partial charge is 0.491 e. The minimum absolute atomic E-state index is 0.261. The lowest BCUT2D eigenvalue weighted by molar-refractivity contribution is -0.107. The maximum atomic E-state index is 12.0. The number of carbonyl (C=O) groups excluding carboxylic acids is 2. The van der Waals surface area contributed by atoms with Crippen LogP contribution >= 0.6 is 30.1 Å². The van der Waals surface area contributed by atoms with Crippen LogP contribution in [0.1, 0.15) is 39.5 Å². The highest BCUT2D eigenvalue weighted by Crippen LogP contribution is 2.38. The fraction of sp³-hybridized carbons (Fsp3) is 0.467. The average Bonchev–Trinajstić information content (AvgIpc) is 2.85. The summed E-state index contributed by atoms with van der Waals surface area (Å²) in [7, 11) is 1.65. The molecule has 4 nitrogen and oxygen atoms in total. The van der Waals surface area contributed by atoms with Gasteiger partial charge in [-0.25, -0.2) is 4.79 Å². The van der Waals surface area contributed by atoms with Gasteiger partial charge in [0.15, 0.2) is 0 Å². The third-order valence-electron chi connectivity index (χ3n) is 3.67. The SMILES string of the molecule is CCc1c(C)c2c(c(OCCSI)c1CC=O)C(=O)OC2. The molecule has 0 saturated carbocycles. The predicted octanol–water partition coefficient (Wildman–Crippen LogP) is 3.43. The first-order valence-electron chi connectivity index (χ1n) is 6.79. The van der Waals surface area contributed by atoms with E-state index in [9.17, 15) is 9.59 Å². The molecule has 0 radical (unpaired) electrons. The number of cyclic esters (lactones) is 1. The van der Waals surface area contributed by atoms with Crippen LogP contribution < -0.4 is 4.74 Å². The van der Waals surface area contributed by atoms with E-state index in [0.29, 0.717) is 24.5 Å². The lowest BCUT2D eigenvalue weighted by atomic mass is 9.89. The van der Waals surface area contributed by atoms with E-state index in [1.807, 2.05) is 13.8 Å². The van der Waals surface area contributed by atoms with Crippen LogP contribution in [-0.4, -0.2) is 24.6 Å². The Bertz CT molecular complexity index is 572. The van der Waals surface area contributed by atoms with Crippen LogP contribution in [-0.2, 0) is 29.0 Å². The van der Waals surface area contributed by atoms with Gasteiger partial charge in [-0.15, -0.1) is 0 Å². The molecule has 0 amide bonds. The van der Waals surface area contributed by atoms with Crippen molar-refractivity contribution < 1.29 is 19.1 Å². The number of esters is 1. The Morgan fingerprint density at radius 2 is 2.19 bits per heavy atom. The summed E-state index contributed by atoms with van der Waals surface area (Å²) < 4.78 is 11.0. The molecule has 0 atom stereocenters. The Labute approximate surface area is 140 Å². The quantitative estimate of drug-likeness (QED) is 0.293. The number of hydrogen-bond acceptors (Lipinski definition) is 5. The van der Waals surface area contributed by atoms with Gasteiger partial charge in [0.05, 0.1) is 6.61 Å². The molecule has 1 heterocycles. The van der Waals surface area contributed by atoms with E-state index in [4.69, 9.17) is 9.47 Å². The molecule has 0 saturated heterocycles. The fourth-order valence-corrected chi connectivity index (χ4v) is 3.43. The van der Waals surface area contributed by atoms with Crippen molar-refractivity contribution in [1.82, 2.24) is 0 Å². The highest BCUT2D eigenvalue weighted by molar-refractivity contribution is 14.2. The van der Waals surface area contributed by atoms with Crippen molar-refractivity contribution in [1.29, 1.82) is 0 Å². The van der Waals surface area contributed by atoms with E-state index < -0.39 is 0 Å². The molecule has 0 unspecified atom stereocenters. The van der Waals surface area contributed by atoms with Gasteiger partial charge in [0.1, 0.15) is 24.2 Å². The number of halogens is 1. The number of rotatable bonds is 7. The van der Waals surface area contributed by atoms with E-state index in [2.05, 4.69) is 21.2 Å². The lowest BCUT2D eigenvalue weighted by Crippen LogP contribution is -2.11. The molecular formula is C15H17IO4S. The molecule has 2 rings (SSSR count). The first kappa shape index (κ1) is 16.6. The van der Waals surface area contributed by atoms with E-state index in [-0.39, 0.29) is 12.4 Å². The van der Waals surface area contributed by atoms with Gasteiger partial charge in [0.2, 0.25) is 0 Å². The first-order chi connectivity index (χ1) is 10.2. The molecule has 1 aromatic rings. The number of fused-ring (bicyclic) bond motifs is 1. The second kappa shape index (κ2) is 7.49. The lowest BCUT2D eigenvalue weighted by Gasteiger charge is -2.19. The highest BCUT2D eigenvalue weighted by Gasteiger charge is 2.32. The summed E-state index contributed by atoms with van der Waals surface area (Å²) in [6.45, 7) is 4.83. The van der Waals surface area contributed by atoms with Crippen LogP contribution in [0.15, 0.2) is 0 Å². The zero-order valence-corrected chi connectivity index (χ0v) is 15.0. The molecule has 114 valence electrons. The fourth-order valence-electron chi connectivity index (χ4n) is 2.74. The third kappa shape index (κ3) is 3.21. The van der Waals surface area contributed by atoms with Gasteiger partial charge in [-0.1, -0.05) is 15.9 Å². The van der Waals surface area contributed by atoms with E-state index >= 15 is 0 Å². The smallest absolute Gasteiger partial charge is 0.342 e. The Morgan fingerprint density at radius 3 is 2.81 bits per heavy atom. The van der Waals surface area contributed by atoms with E-state index in [1.54, 1.807) is 8.93 Å².